The Labute approximate surface area is 109 Å². The second-order valence-corrected chi connectivity index (χ2v) is 5.15. The summed E-state index contributed by atoms with van der Waals surface area (Å²) in [4.78, 5) is 6.92. The number of hydrogen-bond acceptors (Lipinski definition) is 3. The van der Waals surface area contributed by atoms with E-state index < -0.39 is 0 Å². The molecule has 0 radical (unpaired) electrons. The number of benzene rings is 1. The zero-order valence-corrected chi connectivity index (χ0v) is 10.9. The number of rotatable bonds is 2. The number of nitrogens with zero attached hydrogens (tertiary/aromatic N) is 2. The van der Waals surface area contributed by atoms with Crippen molar-refractivity contribution in [3.63, 3.8) is 0 Å². The lowest BCUT2D eigenvalue weighted by atomic mass is 10.1. The molecular formula is C15H21N3. The molecule has 96 valence electrons. The summed E-state index contributed by atoms with van der Waals surface area (Å²) in [6.07, 6.45) is 6.33. The Hall–Kier alpha value is -1.51. The van der Waals surface area contributed by atoms with Gasteiger partial charge in [0.2, 0.25) is 0 Å². The molecule has 2 aliphatic rings. The fourth-order valence-corrected chi connectivity index (χ4v) is 2.72. The molecule has 0 unspecified atom stereocenters. The maximum atomic E-state index is 4.44. The number of anilines is 2. The van der Waals surface area contributed by atoms with Crippen molar-refractivity contribution in [2.24, 2.45) is 4.99 Å². The van der Waals surface area contributed by atoms with Crippen LogP contribution in [0.4, 0.5) is 11.4 Å². The Balaban J connectivity index is 1.64. The molecule has 2 aliphatic heterocycles. The molecule has 1 aromatic rings. The minimum absolute atomic E-state index is 0.980. The van der Waals surface area contributed by atoms with Gasteiger partial charge in [-0.3, -0.25) is 4.99 Å². The number of aliphatic imine (C=N–C) groups is 1. The van der Waals surface area contributed by atoms with Crippen LogP contribution in [-0.2, 0) is 0 Å². The molecule has 0 atom stereocenters. The summed E-state index contributed by atoms with van der Waals surface area (Å²) in [5.74, 6) is 1.14. The van der Waals surface area contributed by atoms with Crippen molar-refractivity contribution in [2.75, 3.05) is 29.9 Å². The van der Waals surface area contributed by atoms with Gasteiger partial charge in [-0.2, -0.15) is 0 Å². The van der Waals surface area contributed by atoms with Gasteiger partial charge in [0.05, 0.1) is 0 Å². The van der Waals surface area contributed by atoms with Crippen molar-refractivity contribution < 1.29 is 0 Å². The highest BCUT2D eigenvalue weighted by Crippen LogP contribution is 2.22. The van der Waals surface area contributed by atoms with E-state index in [4.69, 9.17) is 0 Å². The number of amidine groups is 1. The van der Waals surface area contributed by atoms with Gasteiger partial charge in [0.25, 0.3) is 0 Å². The third-order valence-electron chi connectivity index (χ3n) is 3.75. The van der Waals surface area contributed by atoms with E-state index in [0.29, 0.717) is 0 Å². The SMILES string of the molecule is c1cc(N2CCCCC2)ccc1NC1=NCCC1. The molecule has 1 fully saturated rings. The summed E-state index contributed by atoms with van der Waals surface area (Å²) in [6, 6.07) is 8.79. The van der Waals surface area contributed by atoms with Crippen LogP contribution in [0.15, 0.2) is 29.3 Å². The lowest BCUT2D eigenvalue weighted by molar-refractivity contribution is 0.578. The molecule has 3 rings (SSSR count). The highest BCUT2D eigenvalue weighted by Gasteiger charge is 2.11. The fraction of sp³-hybridized carbons (Fsp3) is 0.533. The first-order valence-corrected chi connectivity index (χ1v) is 7.07. The topological polar surface area (TPSA) is 27.6 Å². The summed E-state index contributed by atoms with van der Waals surface area (Å²) in [7, 11) is 0. The maximum Gasteiger partial charge on any atom is 0.101 e. The first kappa shape index (κ1) is 11.6. The monoisotopic (exact) mass is 243 g/mol. The summed E-state index contributed by atoms with van der Waals surface area (Å²) in [5, 5.41) is 3.40. The lowest BCUT2D eigenvalue weighted by Crippen LogP contribution is -2.29. The van der Waals surface area contributed by atoms with Crippen LogP contribution in [0.25, 0.3) is 0 Å². The van der Waals surface area contributed by atoms with E-state index in [0.717, 1.165) is 24.5 Å². The van der Waals surface area contributed by atoms with E-state index in [1.54, 1.807) is 0 Å². The van der Waals surface area contributed by atoms with Crippen LogP contribution in [-0.4, -0.2) is 25.5 Å². The molecule has 0 amide bonds. The largest absolute Gasteiger partial charge is 0.372 e. The third kappa shape index (κ3) is 2.66. The molecule has 3 nitrogen and oxygen atoms in total. The normalized spacial score (nSPS) is 19.8. The quantitative estimate of drug-likeness (QED) is 0.863. The van der Waals surface area contributed by atoms with Crippen molar-refractivity contribution in [1.29, 1.82) is 0 Å². The van der Waals surface area contributed by atoms with Crippen molar-refractivity contribution in [2.45, 2.75) is 32.1 Å². The molecule has 1 N–H and O–H groups in total. The van der Waals surface area contributed by atoms with Gasteiger partial charge < -0.3 is 10.2 Å². The number of piperidine rings is 1. The van der Waals surface area contributed by atoms with Crippen LogP contribution in [0.2, 0.25) is 0 Å². The fourth-order valence-electron chi connectivity index (χ4n) is 2.72. The van der Waals surface area contributed by atoms with E-state index in [9.17, 15) is 0 Å². The summed E-state index contributed by atoms with van der Waals surface area (Å²) in [6.45, 7) is 3.40. The molecule has 1 aromatic carbocycles. The standard InChI is InChI=1S/C15H21N3/c1-2-11-18(12-3-1)14-8-6-13(7-9-14)17-15-5-4-10-16-15/h6-9H,1-5,10-12H2,(H,16,17). The first-order chi connectivity index (χ1) is 8.92. The zero-order valence-electron chi connectivity index (χ0n) is 10.9. The van der Waals surface area contributed by atoms with Crippen LogP contribution >= 0.6 is 0 Å². The lowest BCUT2D eigenvalue weighted by Gasteiger charge is -2.28. The predicted molar refractivity (Wildman–Crippen MR) is 77.7 cm³/mol. The highest BCUT2D eigenvalue weighted by atomic mass is 15.1. The average Bonchev–Trinajstić information content (AvgIpc) is 2.94. The van der Waals surface area contributed by atoms with Gasteiger partial charge in [0, 0.05) is 37.4 Å². The van der Waals surface area contributed by atoms with Gasteiger partial charge in [0.1, 0.15) is 5.84 Å². The second-order valence-electron chi connectivity index (χ2n) is 5.15. The molecule has 2 heterocycles. The van der Waals surface area contributed by atoms with E-state index in [1.807, 2.05) is 0 Å². The highest BCUT2D eigenvalue weighted by molar-refractivity contribution is 5.96. The number of nitrogens with one attached hydrogen (secondary N) is 1. The summed E-state index contributed by atoms with van der Waals surface area (Å²) in [5.41, 5.74) is 2.52. The minimum atomic E-state index is 0.980. The van der Waals surface area contributed by atoms with Crippen molar-refractivity contribution in [1.82, 2.24) is 0 Å². The van der Waals surface area contributed by atoms with Gasteiger partial charge in [-0.05, 0) is 49.9 Å². The van der Waals surface area contributed by atoms with Gasteiger partial charge in [-0.1, -0.05) is 0 Å². The van der Waals surface area contributed by atoms with E-state index >= 15 is 0 Å². The second kappa shape index (κ2) is 5.42. The molecule has 0 saturated carbocycles. The van der Waals surface area contributed by atoms with Crippen LogP contribution in [0.3, 0.4) is 0 Å². The van der Waals surface area contributed by atoms with Crippen LogP contribution in [0.1, 0.15) is 32.1 Å². The Morgan fingerprint density at radius 3 is 2.39 bits per heavy atom. The predicted octanol–water partition coefficient (Wildman–Crippen LogP) is 3.28. The number of hydrogen-bond donors (Lipinski definition) is 1. The van der Waals surface area contributed by atoms with E-state index in [2.05, 4.69) is 39.5 Å². The molecule has 0 aromatic heterocycles. The van der Waals surface area contributed by atoms with Crippen LogP contribution in [0, 0.1) is 0 Å². The summed E-state index contributed by atoms with van der Waals surface area (Å²) < 4.78 is 0. The van der Waals surface area contributed by atoms with Crippen molar-refractivity contribution in [3.05, 3.63) is 24.3 Å². The van der Waals surface area contributed by atoms with Crippen LogP contribution < -0.4 is 10.2 Å². The molecule has 0 spiro atoms. The molecule has 0 aliphatic carbocycles. The Morgan fingerprint density at radius 1 is 0.944 bits per heavy atom. The van der Waals surface area contributed by atoms with Gasteiger partial charge in [-0.15, -0.1) is 0 Å². The average molecular weight is 243 g/mol. The molecular weight excluding hydrogens is 222 g/mol. The zero-order chi connectivity index (χ0) is 12.2. The van der Waals surface area contributed by atoms with E-state index in [-0.39, 0.29) is 0 Å². The minimum Gasteiger partial charge on any atom is -0.372 e. The Kier molecular flexibility index (Phi) is 3.49. The molecule has 3 heteroatoms. The first-order valence-electron chi connectivity index (χ1n) is 7.07. The van der Waals surface area contributed by atoms with Crippen LogP contribution in [0.5, 0.6) is 0 Å². The van der Waals surface area contributed by atoms with Crippen molar-refractivity contribution >= 4 is 17.2 Å². The maximum absolute atomic E-state index is 4.44. The Bertz CT molecular complexity index is 416. The van der Waals surface area contributed by atoms with Crippen molar-refractivity contribution in [3.8, 4) is 0 Å². The van der Waals surface area contributed by atoms with E-state index in [1.165, 1.54) is 44.5 Å². The Morgan fingerprint density at radius 2 is 1.72 bits per heavy atom. The van der Waals surface area contributed by atoms with Gasteiger partial charge >= 0.3 is 0 Å². The molecule has 1 saturated heterocycles. The third-order valence-corrected chi connectivity index (χ3v) is 3.75. The van der Waals surface area contributed by atoms with Gasteiger partial charge in [-0.25, -0.2) is 0 Å². The summed E-state index contributed by atoms with van der Waals surface area (Å²) >= 11 is 0. The smallest absolute Gasteiger partial charge is 0.101 e. The molecule has 0 bridgehead atoms. The van der Waals surface area contributed by atoms with Gasteiger partial charge in [0.15, 0.2) is 0 Å². The molecule has 18 heavy (non-hydrogen) atoms.